The Kier molecular flexibility index (Phi) is 6.95. The fourth-order valence-electron chi connectivity index (χ4n) is 2.25. The highest BCUT2D eigenvalue weighted by Gasteiger charge is 2.40. The van der Waals surface area contributed by atoms with Crippen molar-refractivity contribution >= 4 is 10.2 Å². The summed E-state index contributed by atoms with van der Waals surface area (Å²) < 4.78 is 29.5. The van der Waals surface area contributed by atoms with Gasteiger partial charge < -0.3 is 5.73 Å². The molecule has 0 amide bonds. The largest absolute Gasteiger partial charge is 0.329 e. The van der Waals surface area contributed by atoms with Crippen LogP contribution < -0.4 is 10.5 Å². The molecular weight excluding hydrogens is 262 g/mol. The topological polar surface area (TPSA) is 75.4 Å². The van der Waals surface area contributed by atoms with Crippen LogP contribution in [0.3, 0.4) is 0 Å². The zero-order valence-electron chi connectivity index (χ0n) is 13.3. The average Bonchev–Trinajstić information content (AvgIpc) is 2.27. The van der Waals surface area contributed by atoms with Gasteiger partial charge in [0.1, 0.15) is 0 Å². The zero-order valence-corrected chi connectivity index (χ0v) is 14.1. The van der Waals surface area contributed by atoms with Crippen LogP contribution in [-0.4, -0.2) is 36.9 Å². The van der Waals surface area contributed by atoms with Crippen molar-refractivity contribution in [1.29, 1.82) is 0 Å². The molecule has 0 fully saturated rings. The quantitative estimate of drug-likeness (QED) is 0.717. The summed E-state index contributed by atoms with van der Waals surface area (Å²) in [4.78, 5) is 0. The number of nitrogens with two attached hydrogens (primary N) is 1. The van der Waals surface area contributed by atoms with E-state index in [1.54, 1.807) is 4.31 Å². The molecule has 0 aliphatic heterocycles. The van der Waals surface area contributed by atoms with E-state index < -0.39 is 21.3 Å². The first kappa shape index (κ1) is 18.8. The number of nitrogens with zero attached hydrogens (tertiary/aromatic N) is 1. The molecule has 0 radical (unpaired) electrons. The molecule has 0 aliphatic rings. The molecule has 0 saturated heterocycles. The van der Waals surface area contributed by atoms with Crippen LogP contribution >= 0.6 is 0 Å². The van der Waals surface area contributed by atoms with Crippen molar-refractivity contribution in [1.82, 2.24) is 9.03 Å². The first-order chi connectivity index (χ1) is 8.58. The van der Waals surface area contributed by atoms with Crippen molar-refractivity contribution in [2.45, 2.75) is 71.9 Å². The Bertz CT molecular complexity index is 348. The van der Waals surface area contributed by atoms with Crippen molar-refractivity contribution in [3.05, 3.63) is 0 Å². The Morgan fingerprint density at radius 3 is 1.84 bits per heavy atom. The molecule has 6 heteroatoms. The van der Waals surface area contributed by atoms with E-state index in [1.165, 1.54) is 0 Å². The molecule has 3 N–H and O–H groups in total. The van der Waals surface area contributed by atoms with E-state index >= 15 is 0 Å². The zero-order chi connectivity index (χ0) is 15.3. The van der Waals surface area contributed by atoms with Gasteiger partial charge in [-0.15, -0.1) is 0 Å². The molecule has 0 rings (SSSR count). The first-order valence-electron chi connectivity index (χ1n) is 7.10. The highest BCUT2D eigenvalue weighted by atomic mass is 32.2. The minimum absolute atomic E-state index is 0.338. The Balaban J connectivity index is 5.53. The third kappa shape index (κ3) is 5.02. The van der Waals surface area contributed by atoms with Crippen molar-refractivity contribution in [2.75, 3.05) is 13.1 Å². The summed E-state index contributed by atoms with van der Waals surface area (Å²) in [5.74, 6) is 0. The van der Waals surface area contributed by atoms with E-state index in [0.717, 1.165) is 6.42 Å². The lowest BCUT2D eigenvalue weighted by Crippen LogP contribution is -2.60. The van der Waals surface area contributed by atoms with Crippen molar-refractivity contribution in [3.63, 3.8) is 0 Å². The molecule has 5 nitrogen and oxygen atoms in total. The normalized spacial score (nSPS) is 14.1. The van der Waals surface area contributed by atoms with Crippen LogP contribution in [0.1, 0.15) is 60.8 Å². The lowest BCUT2D eigenvalue weighted by atomic mass is 9.93. The second-order valence-corrected chi connectivity index (χ2v) is 7.66. The molecule has 0 heterocycles. The second kappa shape index (κ2) is 7.02. The minimum atomic E-state index is -3.53. The Labute approximate surface area is 119 Å². The molecular formula is C13H31N3O2S. The van der Waals surface area contributed by atoms with Crippen LogP contribution in [0.15, 0.2) is 0 Å². The standard InChI is InChI=1S/C13H31N3O2S/c1-7-10-16(13(8-2,9-3)11-14)19(17,18)15-12(4,5)6/h15H,7-11,14H2,1-6H3. The molecule has 0 unspecified atom stereocenters. The summed E-state index contributed by atoms with van der Waals surface area (Å²) in [5, 5.41) is 0. The third-order valence-electron chi connectivity index (χ3n) is 3.38. The summed E-state index contributed by atoms with van der Waals surface area (Å²) in [6.45, 7) is 12.3. The molecule has 0 bridgehead atoms. The summed E-state index contributed by atoms with van der Waals surface area (Å²) >= 11 is 0. The highest BCUT2D eigenvalue weighted by molar-refractivity contribution is 7.87. The molecule has 0 aliphatic carbocycles. The van der Waals surface area contributed by atoms with Crippen LogP contribution in [0, 0.1) is 0 Å². The van der Waals surface area contributed by atoms with E-state index in [-0.39, 0.29) is 0 Å². The van der Waals surface area contributed by atoms with Gasteiger partial charge in [0.2, 0.25) is 0 Å². The molecule has 0 aromatic carbocycles. The molecule has 0 aromatic heterocycles. The summed E-state index contributed by atoms with van der Waals surface area (Å²) in [6, 6.07) is 0. The van der Waals surface area contributed by atoms with Crippen molar-refractivity contribution < 1.29 is 8.42 Å². The van der Waals surface area contributed by atoms with Gasteiger partial charge in [-0.3, -0.25) is 0 Å². The highest BCUT2D eigenvalue weighted by Crippen LogP contribution is 2.26. The maximum Gasteiger partial charge on any atom is 0.280 e. The SMILES string of the molecule is CCCN(C(CC)(CC)CN)S(=O)(=O)NC(C)(C)C. The molecule has 19 heavy (non-hydrogen) atoms. The first-order valence-corrected chi connectivity index (χ1v) is 8.54. The Morgan fingerprint density at radius 1 is 1.11 bits per heavy atom. The molecule has 0 saturated carbocycles. The Morgan fingerprint density at radius 2 is 1.58 bits per heavy atom. The monoisotopic (exact) mass is 293 g/mol. The maximum absolute atomic E-state index is 12.6. The van der Waals surface area contributed by atoms with Crippen LogP contribution in [-0.2, 0) is 10.2 Å². The average molecular weight is 293 g/mol. The van der Waals surface area contributed by atoms with E-state index in [2.05, 4.69) is 4.72 Å². The number of rotatable bonds is 8. The van der Waals surface area contributed by atoms with E-state index in [1.807, 2.05) is 41.5 Å². The van der Waals surface area contributed by atoms with Gasteiger partial charge in [0, 0.05) is 24.2 Å². The van der Waals surface area contributed by atoms with E-state index in [0.29, 0.717) is 25.9 Å². The predicted octanol–water partition coefficient (Wildman–Crippen LogP) is 1.85. The van der Waals surface area contributed by atoms with Gasteiger partial charge >= 0.3 is 0 Å². The van der Waals surface area contributed by atoms with Gasteiger partial charge in [0.15, 0.2) is 0 Å². The lowest BCUT2D eigenvalue weighted by Gasteiger charge is -2.42. The van der Waals surface area contributed by atoms with Gasteiger partial charge in [0.25, 0.3) is 10.2 Å². The van der Waals surface area contributed by atoms with Gasteiger partial charge in [-0.1, -0.05) is 20.8 Å². The molecule has 116 valence electrons. The van der Waals surface area contributed by atoms with E-state index in [4.69, 9.17) is 5.73 Å². The smallest absolute Gasteiger partial charge is 0.280 e. The summed E-state index contributed by atoms with van der Waals surface area (Å²) in [5.41, 5.74) is 4.90. The molecule has 0 aromatic rings. The molecule has 0 spiro atoms. The predicted molar refractivity (Wildman–Crippen MR) is 81.2 cm³/mol. The maximum atomic E-state index is 12.6. The van der Waals surface area contributed by atoms with Gasteiger partial charge in [-0.2, -0.15) is 17.4 Å². The van der Waals surface area contributed by atoms with Crippen LogP contribution in [0.2, 0.25) is 0 Å². The summed E-state index contributed by atoms with van der Waals surface area (Å²) in [7, 11) is -3.53. The third-order valence-corrected chi connectivity index (χ3v) is 5.40. The number of hydrogen-bond donors (Lipinski definition) is 2. The van der Waals surface area contributed by atoms with Crippen molar-refractivity contribution in [3.8, 4) is 0 Å². The minimum Gasteiger partial charge on any atom is -0.329 e. The van der Waals surface area contributed by atoms with Crippen molar-refractivity contribution in [2.24, 2.45) is 5.73 Å². The fourth-order valence-corrected chi connectivity index (χ4v) is 4.40. The summed E-state index contributed by atoms with van der Waals surface area (Å²) in [6.07, 6.45) is 2.20. The van der Waals surface area contributed by atoms with Crippen LogP contribution in [0.4, 0.5) is 0 Å². The fraction of sp³-hybridized carbons (Fsp3) is 1.00. The number of nitrogens with one attached hydrogen (secondary N) is 1. The number of hydrogen-bond acceptors (Lipinski definition) is 3. The lowest BCUT2D eigenvalue weighted by molar-refractivity contribution is 0.173. The van der Waals surface area contributed by atoms with Gasteiger partial charge in [0.05, 0.1) is 0 Å². The van der Waals surface area contributed by atoms with Gasteiger partial charge in [-0.05, 0) is 40.0 Å². The molecule has 0 atom stereocenters. The van der Waals surface area contributed by atoms with Gasteiger partial charge in [-0.25, -0.2) is 0 Å². The Hall–Kier alpha value is -0.170. The van der Waals surface area contributed by atoms with E-state index in [9.17, 15) is 8.42 Å². The second-order valence-electron chi connectivity index (χ2n) is 6.06. The van der Waals surface area contributed by atoms with Crippen LogP contribution in [0.25, 0.3) is 0 Å². The van der Waals surface area contributed by atoms with Crippen LogP contribution in [0.5, 0.6) is 0 Å².